The van der Waals surface area contributed by atoms with Gasteiger partial charge in [-0.3, -0.25) is 0 Å². The summed E-state index contributed by atoms with van der Waals surface area (Å²) in [6, 6.07) is 19.6. The van der Waals surface area contributed by atoms with E-state index >= 15 is 0 Å². The zero-order valence-corrected chi connectivity index (χ0v) is 26.7. The van der Waals surface area contributed by atoms with Crippen molar-refractivity contribution >= 4 is 0 Å². The molecular weight excluding hydrogens is 520 g/mol. The molecule has 0 bridgehead atoms. The Morgan fingerprint density at radius 2 is 0.786 bits per heavy atom. The van der Waals surface area contributed by atoms with Crippen LogP contribution in [0.5, 0.6) is 11.5 Å². The number of rotatable bonds is 7. The fraction of sp³-hybridized carbons (Fsp3) is 0.368. The van der Waals surface area contributed by atoms with Crippen molar-refractivity contribution in [2.24, 2.45) is 0 Å². The monoisotopic (exact) mass is 566 g/mol. The molecule has 42 heavy (non-hydrogen) atoms. The van der Waals surface area contributed by atoms with E-state index in [-0.39, 0.29) is 11.5 Å². The van der Waals surface area contributed by atoms with Crippen LogP contribution in [0.1, 0.15) is 72.2 Å². The van der Waals surface area contributed by atoms with Gasteiger partial charge in [-0.25, -0.2) is 0 Å². The van der Waals surface area contributed by atoms with Gasteiger partial charge in [-0.2, -0.15) is 0 Å². The number of aliphatic hydroxyl groups is 2. The Kier molecular flexibility index (Phi) is 8.39. The number of aromatic hydroxyl groups is 2. The maximum absolute atomic E-state index is 11.8. The highest BCUT2D eigenvalue weighted by Crippen LogP contribution is 2.47. The molecule has 0 aliphatic carbocycles. The first-order valence-corrected chi connectivity index (χ1v) is 14.7. The predicted molar refractivity (Wildman–Crippen MR) is 174 cm³/mol. The number of phenols is 2. The molecule has 0 aliphatic rings. The number of aliphatic hydroxyl groups excluding tert-OH is 2. The molecule has 0 heterocycles. The molecule has 0 spiro atoms. The van der Waals surface area contributed by atoms with Crippen LogP contribution in [0, 0.1) is 41.5 Å². The molecule has 0 amide bonds. The standard InChI is InChI=1S/C38H46O4/c1-21-17-23(3)31(24(4)18-21)27-13-11-15-29(33(27)39)37(7,8)35(41)36(42)38(9,10)30-16-12-14-28(34(30)40)32-25(5)19-22(2)20-26(32)6/h11-20,35-36,39-42H,1-10H3/t35-,36-/m0/s1. The molecule has 4 nitrogen and oxygen atoms in total. The lowest BCUT2D eigenvalue weighted by Crippen LogP contribution is -2.51. The van der Waals surface area contributed by atoms with Crippen LogP contribution in [0.2, 0.25) is 0 Å². The normalized spacial score (nSPS) is 13.7. The molecule has 0 fully saturated rings. The summed E-state index contributed by atoms with van der Waals surface area (Å²) in [5, 5.41) is 46.7. The number of aryl methyl sites for hydroxylation is 6. The average Bonchev–Trinajstić information content (AvgIpc) is 2.88. The van der Waals surface area contributed by atoms with Crippen LogP contribution in [0.4, 0.5) is 0 Å². The van der Waals surface area contributed by atoms with Gasteiger partial charge < -0.3 is 20.4 Å². The van der Waals surface area contributed by atoms with Gasteiger partial charge in [0.2, 0.25) is 0 Å². The van der Waals surface area contributed by atoms with E-state index in [0.717, 1.165) is 44.5 Å². The quantitative estimate of drug-likeness (QED) is 0.182. The van der Waals surface area contributed by atoms with E-state index in [1.807, 2.05) is 91.8 Å². The van der Waals surface area contributed by atoms with Gasteiger partial charge in [0.25, 0.3) is 0 Å². The average molecular weight is 567 g/mol. The van der Waals surface area contributed by atoms with Crippen LogP contribution in [0.25, 0.3) is 22.3 Å². The van der Waals surface area contributed by atoms with E-state index in [0.29, 0.717) is 22.3 Å². The Bertz CT molecular complexity index is 1470. The molecular formula is C38H46O4. The summed E-state index contributed by atoms with van der Waals surface area (Å²) >= 11 is 0. The van der Waals surface area contributed by atoms with Gasteiger partial charge in [0.1, 0.15) is 11.5 Å². The fourth-order valence-electron chi connectivity index (χ4n) is 6.85. The highest BCUT2D eigenvalue weighted by atomic mass is 16.3. The van der Waals surface area contributed by atoms with Gasteiger partial charge in [-0.05, 0) is 74.9 Å². The molecule has 0 aromatic heterocycles. The number of benzene rings is 4. The predicted octanol–water partition coefficient (Wildman–Crippen LogP) is 8.26. The Balaban J connectivity index is 1.76. The first kappa shape index (κ1) is 31.3. The lowest BCUT2D eigenvalue weighted by Gasteiger charge is -2.42. The topological polar surface area (TPSA) is 80.9 Å². The van der Waals surface area contributed by atoms with Gasteiger partial charge in [0.15, 0.2) is 0 Å². The van der Waals surface area contributed by atoms with E-state index in [1.165, 1.54) is 0 Å². The zero-order valence-electron chi connectivity index (χ0n) is 26.7. The minimum atomic E-state index is -1.26. The molecule has 0 aliphatic heterocycles. The van der Waals surface area contributed by atoms with Crippen molar-refractivity contribution in [3.63, 3.8) is 0 Å². The molecule has 0 saturated heterocycles. The lowest BCUT2D eigenvalue weighted by molar-refractivity contribution is -0.0566. The van der Waals surface area contributed by atoms with Crippen LogP contribution in [0.3, 0.4) is 0 Å². The van der Waals surface area contributed by atoms with Crippen LogP contribution in [0.15, 0.2) is 60.7 Å². The van der Waals surface area contributed by atoms with Crippen molar-refractivity contribution in [3.8, 4) is 33.8 Å². The molecule has 0 unspecified atom stereocenters. The second kappa shape index (κ2) is 11.2. The Morgan fingerprint density at radius 1 is 0.500 bits per heavy atom. The molecule has 222 valence electrons. The van der Waals surface area contributed by atoms with Crippen molar-refractivity contribution in [1.29, 1.82) is 0 Å². The van der Waals surface area contributed by atoms with Gasteiger partial charge >= 0.3 is 0 Å². The van der Waals surface area contributed by atoms with Crippen molar-refractivity contribution < 1.29 is 20.4 Å². The molecule has 4 heteroatoms. The second-order valence-corrected chi connectivity index (χ2v) is 13.3. The highest BCUT2D eigenvalue weighted by Gasteiger charge is 2.45. The molecule has 4 aromatic carbocycles. The first-order chi connectivity index (χ1) is 19.5. The number of para-hydroxylation sites is 2. The van der Waals surface area contributed by atoms with Crippen molar-refractivity contribution in [2.45, 2.75) is 92.3 Å². The number of hydrogen-bond donors (Lipinski definition) is 4. The molecule has 0 saturated carbocycles. The minimum Gasteiger partial charge on any atom is -0.507 e. The molecule has 4 aromatic rings. The van der Waals surface area contributed by atoms with Gasteiger partial charge in [0, 0.05) is 33.1 Å². The lowest BCUT2D eigenvalue weighted by atomic mass is 9.68. The third-order valence-corrected chi connectivity index (χ3v) is 9.13. The summed E-state index contributed by atoms with van der Waals surface area (Å²) in [5.74, 6) is 0.188. The SMILES string of the molecule is Cc1cc(C)c(-c2cccc(C(C)(C)[C@@H](O)[C@H](O)C(C)(C)c3cccc(-c4c(C)cc(C)cc4C)c3O)c2O)c(C)c1. The summed E-state index contributed by atoms with van der Waals surface area (Å²) in [6.07, 6.45) is -2.53. The highest BCUT2D eigenvalue weighted by molar-refractivity contribution is 5.79. The summed E-state index contributed by atoms with van der Waals surface area (Å²) in [5.41, 5.74) is 8.94. The number of hydrogen-bond acceptors (Lipinski definition) is 4. The van der Waals surface area contributed by atoms with E-state index in [2.05, 4.69) is 38.1 Å². The Hall–Kier alpha value is -3.60. The Labute approximate surface area is 251 Å². The van der Waals surface area contributed by atoms with Crippen molar-refractivity contribution in [2.75, 3.05) is 0 Å². The third kappa shape index (κ3) is 5.34. The maximum atomic E-state index is 11.8. The molecule has 4 rings (SSSR count). The molecule has 2 atom stereocenters. The van der Waals surface area contributed by atoms with Crippen molar-refractivity contribution in [1.82, 2.24) is 0 Å². The number of phenolic OH excluding ortho intramolecular Hbond substituents is 2. The summed E-state index contributed by atoms with van der Waals surface area (Å²) < 4.78 is 0. The van der Waals surface area contributed by atoms with E-state index in [4.69, 9.17) is 0 Å². The van der Waals surface area contributed by atoms with Crippen LogP contribution in [-0.2, 0) is 10.8 Å². The van der Waals surface area contributed by atoms with E-state index < -0.39 is 23.0 Å². The van der Waals surface area contributed by atoms with Crippen LogP contribution in [-0.4, -0.2) is 32.6 Å². The molecule has 0 radical (unpaired) electrons. The Morgan fingerprint density at radius 3 is 1.07 bits per heavy atom. The minimum absolute atomic E-state index is 0.0942. The summed E-state index contributed by atoms with van der Waals surface area (Å²) in [4.78, 5) is 0. The van der Waals surface area contributed by atoms with Crippen molar-refractivity contribution in [3.05, 3.63) is 105 Å². The van der Waals surface area contributed by atoms with Gasteiger partial charge in [-0.1, -0.05) is 99.5 Å². The third-order valence-electron chi connectivity index (χ3n) is 9.13. The summed E-state index contributed by atoms with van der Waals surface area (Å²) in [6.45, 7) is 19.6. The largest absolute Gasteiger partial charge is 0.507 e. The fourth-order valence-corrected chi connectivity index (χ4v) is 6.85. The van der Waals surface area contributed by atoms with Gasteiger partial charge in [-0.15, -0.1) is 0 Å². The van der Waals surface area contributed by atoms with Crippen LogP contribution < -0.4 is 0 Å². The van der Waals surface area contributed by atoms with E-state index in [9.17, 15) is 20.4 Å². The smallest absolute Gasteiger partial charge is 0.127 e. The molecule has 4 N–H and O–H groups in total. The van der Waals surface area contributed by atoms with Crippen LogP contribution >= 0.6 is 0 Å². The van der Waals surface area contributed by atoms with E-state index in [1.54, 1.807) is 0 Å². The zero-order chi connectivity index (χ0) is 31.3. The van der Waals surface area contributed by atoms with Gasteiger partial charge in [0.05, 0.1) is 12.2 Å². The first-order valence-electron chi connectivity index (χ1n) is 14.7. The summed E-state index contributed by atoms with van der Waals surface area (Å²) in [7, 11) is 0. The maximum Gasteiger partial charge on any atom is 0.127 e. The second-order valence-electron chi connectivity index (χ2n) is 13.3.